The largest absolute Gasteiger partial charge is 0.387 e. The molecule has 0 saturated heterocycles. The first-order chi connectivity index (χ1) is 15.2. The number of nitrogens with zero attached hydrogens (tertiary/aromatic N) is 2. The van der Waals surface area contributed by atoms with Crippen LogP contribution >= 0.6 is 0 Å². The van der Waals surface area contributed by atoms with Crippen molar-refractivity contribution in [3.63, 3.8) is 0 Å². The second-order valence-corrected chi connectivity index (χ2v) is 10.7. The van der Waals surface area contributed by atoms with Crippen LogP contribution in [0.5, 0.6) is 0 Å². The van der Waals surface area contributed by atoms with Gasteiger partial charge in [0.05, 0.1) is 4.90 Å². The first-order valence-electron chi connectivity index (χ1n) is 9.25. The summed E-state index contributed by atoms with van der Waals surface area (Å²) in [6.07, 6.45) is -0.255. The van der Waals surface area contributed by atoms with Crippen LogP contribution in [0.1, 0.15) is 18.7 Å². The molecule has 0 spiro atoms. The van der Waals surface area contributed by atoms with E-state index in [2.05, 4.69) is 9.88 Å². The summed E-state index contributed by atoms with van der Waals surface area (Å²) >= 11 is 0. The summed E-state index contributed by atoms with van der Waals surface area (Å²) in [6, 6.07) is 6.05. The predicted octanol–water partition coefficient (Wildman–Crippen LogP) is -1.02. The molecule has 15 heteroatoms. The van der Waals surface area contributed by atoms with Crippen LogP contribution in [-0.4, -0.2) is 45.6 Å². The molecule has 1 heterocycles. The fourth-order valence-corrected chi connectivity index (χ4v) is 5.71. The third kappa shape index (κ3) is 5.81. The number of rotatable bonds is 9. The second kappa shape index (κ2) is 9.50. The van der Waals surface area contributed by atoms with Crippen molar-refractivity contribution in [2.24, 2.45) is 22.4 Å². The highest BCUT2D eigenvalue weighted by Gasteiger charge is 2.31. The molecule has 0 aliphatic heterocycles. The van der Waals surface area contributed by atoms with Crippen molar-refractivity contribution in [1.82, 2.24) is 4.57 Å². The Balaban J connectivity index is 2.60. The van der Waals surface area contributed by atoms with Gasteiger partial charge < -0.3 is 22.0 Å². The number of amides is 1. The number of sulfonamides is 1. The standard InChI is InChI=1S/C18H24N6O7S2/c1-10-8-9-12(17(26)24(10)15(16(19)25)11(2)31-22-18(20)21)23-33(29,30)14-7-5-4-6-13(14)32(3,27)28/h4-9,11,15,23H,1-3H3,(H2,19,25)(H4,20,21,22). The number of pyridine rings is 1. The van der Waals surface area contributed by atoms with Gasteiger partial charge in [0.25, 0.3) is 15.6 Å². The van der Waals surface area contributed by atoms with E-state index in [0.717, 1.165) is 23.0 Å². The van der Waals surface area contributed by atoms with Gasteiger partial charge in [-0.15, -0.1) is 0 Å². The zero-order valence-electron chi connectivity index (χ0n) is 17.9. The van der Waals surface area contributed by atoms with Gasteiger partial charge in [-0.1, -0.05) is 12.1 Å². The van der Waals surface area contributed by atoms with Crippen molar-refractivity contribution in [2.45, 2.75) is 35.8 Å². The molecule has 33 heavy (non-hydrogen) atoms. The molecule has 0 bridgehead atoms. The Morgan fingerprint density at radius 1 is 1.06 bits per heavy atom. The first-order valence-corrected chi connectivity index (χ1v) is 12.6. The lowest BCUT2D eigenvalue weighted by molar-refractivity contribution is -0.125. The Kier molecular flexibility index (Phi) is 7.39. The van der Waals surface area contributed by atoms with Gasteiger partial charge in [-0.2, -0.15) is 0 Å². The topological polar surface area (TPSA) is 219 Å². The molecule has 180 valence electrons. The first kappa shape index (κ1) is 25.7. The van der Waals surface area contributed by atoms with Crippen LogP contribution in [0.2, 0.25) is 0 Å². The maximum atomic E-state index is 13.1. The fourth-order valence-electron chi connectivity index (χ4n) is 3.02. The third-order valence-electron chi connectivity index (χ3n) is 4.44. The van der Waals surface area contributed by atoms with E-state index < -0.39 is 64.9 Å². The van der Waals surface area contributed by atoms with Gasteiger partial charge in [0.1, 0.15) is 10.6 Å². The molecule has 0 aliphatic rings. The Morgan fingerprint density at radius 2 is 1.64 bits per heavy atom. The van der Waals surface area contributed by atoms with E-state index in [0.29, 0.717) is 0 Å². The lowest BCUT2D eigenvalue weighted by Crippen LogP contribution is -2.42. The minimum Gasteiger partial charge on any atom is -0.387 e. The van der Waals surface area contributed by atoms with Gasteiger partial charge in [0.15, 0.2) is 22.0 Å². The Hall–Kier alpha value is -3.59. The quantitative estimate of drug-likeness (QED) is 0.188. The number of nitrogens with two attached hydrogens (primary N) is 3. The number of aromatic nitrogens is 1. The number of guanidine groups is 1. The van der Waals surface area contributed by atoms with Gasteiger partial charge in [-0.05, 0) is 43.3 Å². The van der Waals surface area contributed by atoms with E-state index >= 15 is 0 Å². The van der Waals surface area contributed by atoms with Crippen molar-refractivity contribution in [3.8, 4) is 0 Å². The number of benzene rings is 1. The molecule has 2 unspecified atom stereocenters. The van der Waals surface area contributed by atoms with Crippen LogP contribution in [0.15, 0.2) is 56.1 Å². The number of nitrogens with one attached hydrogen (secondary N) is 1. The molecule has 0 aliphatic carbocycles. The smallest absolute Gasteiger partial charge is 0.275 e. The second-order valence-electron chi connectivity index (χ2n) is 7.06. The average molecular weight is 501 g/mol. The van der Waals surface area contributed by atoms with Crippen LogP contribution in [0.4, 0.5) is 5.69 Å². The van der Waals surface area contributed by atoms with Crippen molar-refractivity contribution in [2.75, 3.05) is 11.0 Å². The highest BCUT2D eigenvalue weighted by atomic mass is 32.2. The van der Waals surface area contributed by atoms with Gasteiger partial charge in [-0.3, -0.25) is 18.9 Å². The maximum absolute atomic E-state index is 13.1. The Bertz CT molecular complexity index is 1360. The summed E-state index contributed by atoms with van der Waals surface area (Å²) in [6.45, 7) is 2.87. The van der Waals surface area contributed by atoms with Gasteiger partial charge in [0.2, 0.25) is 11.9 Å². The number of anilines is 1. The lowest BCUT2D eigenvalue weighted by atomic mass is 10.1. The van der Waals surface area contributed by atoms with Gasteiger partial charge >= 0.3 is 0 Å². The van der Waals surface area contributed by atoms with Crippen LogP contribution in [-0.2, 0) is 29.5 Å². The van der Waals surface area contributed by atoms with Gasteiger partial charge in [-0.25, -0.2) is 16.8 Å². The highest BCUT2D eigenvalue weighted by molar-refractivity contribution is 7.95. The average Bonchev–Trinajstić information content (AvgIpc) is 2.70. The SMILES string of the molecule is Cc1ccc(NS(=O)(=O)c2ccccc2S(C)(=O)=O)c(=O)n1C(C(N)=O)C(C)ON=C(N)N. The van der Waals surface area contributed by atoms with Crippen molar-refractivity contribution >= 4 is 37.4 Å². The summed E-state index contributed by atoms with van der Waals surface area (Å²) in [5.41, 5.74) is 14.7. The molecule has 0 saturated carbocycles. The molecule has 7 N–H and O–H groups in total. The fraction of sp³-hybridized carbons (Fsp3) is 0.278. The van der Waals surface area contributed by atoms with E-state index in [1.54, 1.807) is 0 Å². The van der Waals surface area contributed by atoms with Gasteiger partial charge in [0, 0.05) is 11.9 Å². The van der Waals surface area contributed by atoms with E-state index in [4.69, 9.17) is 22.0 Å². The number of hydrogen-bond acceptors (Lipinski definition) is 8. The number of oxime groups is 1. The number of carbonyl (C=O) groups excluding carboxylic acids is 1. The number of primary amides is 1. The normalized spacial score (nSPS) is 13.5. The minimum absolute atomic E-state index is 0.253. The summed E-state index contributed by atoms with van der Waals surface area (Å²) in [7, 11) is -8.41. The molecule has 1 amide bonds. The Labute approximate surface area is 190 Å². The Morgan fingerprint density at radius 3 is 2.15 bits per heavy atom. The molecule has 2 atom stereocenters. The minimum atomic E-state index is -4.51. The monoisotopic (exact) mass is 500 g/mol. The molecule has 2 rings (SSSR count). The zero-order valence-corrected chi connectivity index (χ0v) is 19.6. The van der Waals surface area contributed by atoms with Crippen molar-refractivity contribution in [3.05, 3.63) is 52.4 Å². The number of carbonyl (C=O) groups is 1. The molecule has 2 aromatic rings. The van der Waals surface area contributed by atoms with E-state index in [1.165, 1.54) is 38.1 Å². The van der Waals surface area contributed by atoms with Crippen LogP contribution in [0.3, 0.4) is 0 Å². The highest BCUT2D eigenvalue weighted by Crippen LogP contribution is 2.23. The van der Waals surface area contributed by atoms with Crippen LogP contribution in [0, 0.1) is 6.92 Å². The molecular formula is C18H24N6O7S2. The van der Waals surface area contributed by atoms with E-state index in [-0.39, 0.29) is 5.69 Å². The molecule has 0 radical (unpaired) electrons. The molecular weight excluding hydrogens is 476 g/mol. The summed E-state index contributed by atoms with van der Waals surface area (Å²) in [4.78, 5) is 29.3. The number of sulfone groups is 1. The summed E-state index contributed by atoms with van der Waals surface area (Å²) in [5.74, 6) is -1.40. The third-order valence-corrected chi connectivity index (χ3v) is 7.15. The van der Waals surface area contributed by atoms with E-state index in [9.17, 15) is 26.4 Å². The molecule has 0 fully saturated rings. The number of hydrogen-bond donors (Lipinski definition) is 4. The van der Waals surface area contributed by atoms with Crippen LogP contribution in [0.25, 0.3) is 0 Å². The zero-order chi connectivity index (χ0) is 25.1. The lowest BCUT2D eigenvalue weighted by Gasteiger charge is -2.24. The summed E-state index contributed by atoms with van der Waals surface area (Å²) in [5, 5.41) is 3.35. The summed E-state index contributed by atoms with van der Waals surface area (Å²) < 4.78 is 52.9. The maximum Gasteiger partial charge on any atom is 0.275 e. The van der Waals surface area contributed by atoms with Crippen molar-refractivity contribution < 1.29 is 26.5 Å². The van der Waals surface area contributed by atoms with Crippen LogP contribution < -0.4 is 27.5 Å². The number of aryl methyl sites for hydroxylation is 1. The van der Waals surface area contributed by atoms with Crippen molar-refractivity contribution in [1.29, 1.82) is 0 Å². The van der Waals surface area contributed by atoms with E-state index in [1.807, 2.05) is 0 Å². The molecule has 1 aromatic carbocycles. The predicted molar refractivity (Wildman–Crippen MR) is 120 cm³/mol. The molecule has 1 aromatic heterocycles. The molecule has 13 nitrogen and oxygen atoms in total.